The van der Waals surface area contributed by atoms with E-state index in [-0.39, 0.29) is 0 Å². The summed E-state index contributed by atoms with van der Waals surface area (Å²) in [5.41, 5.74) is 0. The highest BCUT2D eigenvalue weighted by Crippen LogP contribution is 2.39. The second-order valence-electron chi connectivity index (χ2n) is 4.80. The molecule has 0 saturated carbocycles. The van der Waals surface area contributed by atoms with Crippen molar-refractivity contribution in [2.45, 2.75) is 32.0 Å². The Balaban J connectivity index is 1.97. The van der Waals surface area contributed by atoms with Gasteiger partial charge in [-0.05, 0) is 19.3 Å². The molecule has 0 radical (unpaired) electrons. The van der Waals surface area contributed by atoms with Gasteiger partial charge in [0, 0.05) is 39.3 Å². The molecule has 3 heterocycles. The van der Waals surface area contributed by atoms with Crippen LogP contribution >= 0.6 is 0 Å². The Morgan fingerprint density at radius 2 is 1.21 bits per heavy atom. The predicted octanol–water partition coefficient (Wildman–Crippen LogP) is 0.777. The first-order valence-electron chi connectivity index (χ1n) is 6.13. The maximum absolute atomic E-state index is 2.73. The van der Waals surface area contributed by atoms with Crippen LogP contribution in [0.4, 0.5) is 0 Å². The number of rotatable bonds is 1. The van der Waals surface area contributed by atoms with E-state index in [0.717, 1.165) is 0 Å². The summed E-state index contributed by atoms with van der Waals surface area (Å²) in [7, 11) is 0. The lowest BCUT2D eigenvalue weighted by molar-refractivity contribution is -0.167. The summed E-state index contributed by atoms with van der Waals surface area (Å²) in [5, 5.41) is 0. The summed E-state index contributed by atoms with van der Waals surface area (Å²) < 4.78 is 0. The van der Waals surface area contributed by atoms with Gasteiger partial charge in [-0.1, -0.05) is 6.92 Å². The number of nitrogens with zero attached hydrogens (tertiary/aromatic N) is 3. The molecule has 0 aromatic rings. The Hall–Kier alpha value is -0.120. The van der Waals surface area contributed by atoms with Crippen LogP contribution in [-0.4, -0.2) is 59.8 Å². The second kappa shape index (κ2) is 3.19. The van der Waals surface area contributed by atoms with E-state index in [0.29, 0.717) is 5.79 Å². The molecule has 0 aromatic carbocycles. The van der Waals surface area contributed by atoms with Gasteiger partial charge in [-0.25, -0.2) is 0 Å². The zero-order valence-electron chi connectivity index (χ0n) is 9.21. The van der Waals surface area contributed by atoms with Gasteiger partial charge in [-0.3, -0.25) is 14.7 Å². The Labute approximate surface area is 86.7 Å². The molecule has 3 aliphatic rings. The molecule has 0 bridgehead atoms. The molecule has 80 valence electrons. The molecular formula is C11H21N3. The van der Waals surface area contributed by atoms with Crippen LogP contribution in [0, 0.1) is 0 Å². The highest BCUT2D eigenvalue weighted by molar-refractivity contribution is 5.00. The molecule has 0 spiro atoms. The minimum absolute atomic E-state index is 0.344. The van der Waals surface area contributed by atoms with Gasteiger partial charge in [-0.2, -0.15) is 0 Å². The lowest BCUT2D eigenvalue weighted by Crippen LogP contribution is -2.70. The van der Waals surface area contributed by atoms with E-state index in [1.165, 1.54) is 58.5 Å². The minimum atomic E-state index is 0.344. The van der Waals surface area contributed by atoms with Crippen molar-refractivity contribution in [2.24, 2.45) is 0 Å². The average molecular weight is 195 g/mol. The van der Waals surface area contributed by atoms with E-state index in [2.05, 4.69) is 21.6 Å². The maximum atomic E-state index is 2.73. The molecule has 14 heavy (non-hydrogen) atoms. The third-order valence-electron chi connectivity index (χ3n) is 4.35. The van der Waals surface area contributed by atoms with E-state index in [1.54, 1.807) is 0 Å². The van der Waals surface area contributed by atoms with Crippen molar-refractivity contribution in [2.75, 3.05) is 39.3 Å². The van der Waals surface area contributed by atoms with E-state index < -0.39 is 0 Å². The van der Waals surface area contributed by atoms with Crippen LogP contribution in [0.15, 0.2) is 0 Å². The molecular weight excluding hydrogens is 174 g/mol. The Morgan fingerprint density at radius 3 is 1.64 bits per heavy atom. The average Bonchev–Trinajstić information content (AvgIpc) is 2.60. The fourth-order valence-electron chi connectivity index (χ4n) is 3.83. The van der Waals surface area contributed by atoms with Crippen LogP contribution in [0.2, 0.25) is 0 Å². The van der Waals surface area contributed by atoms with Crippen LogP contribution in [0.25, 0.3) is 0 Å². The summed E-state index contributed by atoms with van der Waals surface area (Å²) in [6, 6.07) is 0. The molecule has 3 saturated heterocycles. The van der Waals surface area contributed by atoms with Crippen LogP contribution in [0.3, 0.4) is 0 Å². The molecule has 0 aromatic heterocycles. The van der Waals surface area contributed by atoms with Crippen molar-refractivity contribution < 1.29 is 0 Å². The minimum Gasteiger partial charge on any atom is -0.273 e. The number of hydrogen-bond donors (Lipinski definition) is 0. The van der Waals surface area contributed by atoms with E-state index in [1.807, 2.05) is 0 Å². The van der Waals surface area contributed by atoms with Crippen molar-refractivity contribution in [1.29, 1.82) is 0 Å². The Morgan fingerprint density at radius 1 is 0.786 bits per heavy atom. The summed E-state index contributed by atoms with van der Waals surface area (Å²) in [4.78, 5) is 8.16. The topological polar surface area (TPSA) is 9.72 Å². The first kappa shape index (κ1) is 9.13. The molecule has 3 heteroatoms. The van der Waals surface area contributed by atoms with Gasteiger partial charge in [-0.15, -0.1) is 0 Å². The van der Waals surface area contributed by atoms with Gasteiger partial charge >= 0.3 is 0 Å². The molecule has 3 nitrogen and oxygen atoms in total. The molecule has 3 aliphatic heterocycles. The monoisotopic (exact) mass is 195 g/mol. The predicted molar refractivity (Wildman–Crippen MR) is 57.0 cm³/mol. The highest BCUT2D eigenvalue weighted by Gasteiger charge is 2.52. The lowest BCUT2D eigenvalue weighted by atomic mass is 10.0. The summed E-state index contributed by atoms with van der Waals surface area (Å²) in [6.07, 6.45) is 4.01. The van der Waals surface area contributed by atoms with Gasteiger partial charge in [0.15, 0.2) is 0 Å². The molecule has 0 atom stereocenters. The SMILES string of the molecule is CCC12N3CCCN1CCN2CCC3. The molecule has 0 amide bonds. The van der Waals surface area contributed by atoms with Crippen molar-refractivity contribution in [1.82, 2.24) is 14.7 Å². The summed E-state index contributed by atoms with van der Waals surface area (Å²) >= 11 is 0. The third kappa shape index (κ3) is 0.980. The molecule has 3 rings (SSSR count). The van der Waals surface area contributed by atoms with Gasteiger partial charge in [0.05, 0.1) is 0 Å². The quantitative estimate of drug-likeness (QED) is 0.612. The van der Waals surface area contributed by atoms with Crippen LogP contribution in [-0.2, 0) is 0 Å². The van der Waals surface area contributed by atoms with Crippen molar-refractivity contribution >= 4 is 0 Å². The molecule has 0 unspecified atom stereocenters. The standard InChI is InChI=1S/C11H21N3/c1-2-11-12-5-3-7-13(11)9-10-14(11)8-4-6-12/h2-10H2,1H3. The lowest BCUT2D eigenvalue weighted by Gasteiger charge is -2.56. The van der Waals surface area contributed by atoms with Gasteiger partial charge in [0.1, 0.15) is 5.79 Å². The van der Waals surface area contributed by atoms with Gasteiger partial charge in [0.25, 0.3) is 0 Å². The largest absolute Gasteiger partial charge is 0.273 e. The van der Waals surface area contributed by atoms with E-state index >= 15 is 0 Å². The van der Waals surface area contributed by atoms with Crippen LogP contribution in [0.1, 0.15) is 26.2 Å². The van der Waals surface area contributed by atoms with Gasteiger partial charge in [0.2, 0.25) is 0 Å². The van der Waals surface area contributed by atoms with E-state index in [9.17, 15) is 0 Å². The zero-order chi connectivity index (χ0) is 9.60. The molecule has 0 N–H and O–H groups in total. The van der Waals surface area contributed by atoms with Gasteiger partial charge < -0.3 is 0 Å². The normalized spacial score (nSPS) is 33.2. The fraction of sp³-hybridized carbons (Fsp3) is 1.00. The van der Waals surface area contributed by atoms with Crippen LogP contribution < -0.4 is 0 Å². The smallest absolute Gasteiger partial charge is 0.130 e. The van der Waals surface area contributed by atoms with Crippen LogP contribution in [0.5, 0.6) is 0 Å². The molecule has 0 aliphatic carbocycles. The first-order valence-corrected chi connectivity index (χ1v) is 6.13. The second-order valence-corrected chi connectivity index (χ2v) is 4.80. The fourth-order valence-corrected chi connectivity index (χ4v) is 3.83. The molecule has 3 fully saturated rings. The summed E-state index contributed by atoms with van der Waals surface area (Å²) in [6.45, 7) is 10.2. The van der Waals surface area contributed by atoms with E-state index in [4.69, 9.17) is 0 Å². The Bertz CT molecular complexity index is 211. The maximum Gasteiger partial charge on any atom is 0.130 e. The highest BCUT2D eigenvalue weighted by atomic mass is 15.6. The summed E-state index contributed by atoms with van der Waals surface area (Å²) in [5.74, 6) is 0.344. The zero-order valence-corrected chi connectivity index (χ0v) is 9.21. The van der Waals surface area contributed by atoms with Crippen molar-refractivity contribution in [3.63, 3.8) is 0 Å². The third-order valence-corrected chi connectivity index (χ3v) is 4.35. The first-order chi connectivity index (χ1) is 6.88. The van der Waals surface area contributed by atoms with Crippen molar-refractivity contribution in [3.8, 4) is 0 Å². The van der Waals surface area contributed by atoms with Crippen molar-refractivity contribution in [3.05, 3.63) is 0 Å². The Kier molecular flexibility index (Phi) is 2.08. The number of hydrogen-bond acceptors (Lipinski definition) is 3.